The molecule has 2 atom stereocenters. The highest BCUT2D eigenvalue weighted by atomic mass is 32.1. The molecule has 2 aliphatic carbocycles. The van der Waals surface area contributed by atoms with Crippen LogP contribution < -0.4 is 10.6 Å². The van der Waals surface area contributed by atoms with Gasteiger partial charge in [0.1, 0.15) is 0 Å². The maximum atomic E-state index is 5.53. The van der Waals surface area contributed by atoms with Crippen molar-refractivity contribution in [1.82, 2.24) is 10.6 Å². The Balaban J connectivity index is 2.00. The molecule has 2 saturated carbocycles. The summed E-state index contributed by atoms with van der Waals surface area (Å²) in [6, 6.07) is 0.987. The molecule has 22 heavy (non-hydrogen) atoms. The van der Waals surface area contributed by atoms with Crippen molar-refractivity contribution in [2.75, 3.05) is 0 Å². The normalized spacial score (nSPS) is 33.1. The van der Waals surface area contributed by atoms with Crippen LogP contribution in [0.25, 0.3) is 0 Å². The van der Waals surface area contributed by atoms with Crippen LogP contribution >= 0.6 is 12.2 Å². The van der Waals surface area contributed by atoms with Crippen molar-refractivity contribution in [1.29, 1.82) is 0 Å². The fourth-order valence-corrected chi connectivity index (χ4v) is 5.27. The third-order valence-electron chi connectivity index (χ3n) is 6.06. The predicted octanol–water partition coefficient (Wildman–Crippen LogP) is 4.88. The number of nitrogens with one attached hydrogen (secondary N) is 2. The van der Waals surface area contributed by atoms with Crippen LogP contribution in [0.15, 0.2) is 0 Å². The summed E-state index contributed by atoms with van der Waals surface area (Å²) in [5, 5.41) is 7.91. The van der Waals surface area contributed by atoms with Crippen LogP contribution in [0.5, 0.6) is 0 Å². The van der Waals surface area contributed by atoms with Gasteiger partial charge in [0.05, 0.1) is 0 Å². The molecule has 0 saturated heterocycles. The number of hydrogen-bond donors (Lipinski definition) is 2. The lowest BCUT2D eigenvalue weighted by Crippen LogP contribution is -2.53. The predicted molar refractivity (Wildman–Crippen MR) is 100 cm³/mol. The first-order valence-corrected chi connectivity index (χ1v) is 10.0. The molecule has 2 nitrogen and oxygen atoms in total. The van der Waals surface area contributed by atoms with Crippen LogP contribution in [0.4, 0.5) is 0 Å². The quantitative estimate of drug-likeness (QED) is 0.705. The molecule has 0 aromatic rings. The molecule has 0 aromatic heterocycles. The van der Waals surface area contributed by atoms with E-state index in [4.69, 9.17) is 12.2 Å². The summed E-state index contributed by atoms with van der Waals surface area (Å²) in [5.41, 5.74) is 0. The highest BCUT2D eigenvalue weighted by Gasteiger charge is 2.39. The third kappa shape index (κ3) is 4.59. The average molecular weight is 325 g/mol. The minimum absolute atomic E-state index is 0.412. The van der Waals surface area contributed by atoms with E-state index in [1.54, 1.807) is 0 Å². The molecule has 0 bridgehead atoms. The van der Waals surface area contributed by atoms with Crippen LogP contribution in [0.1, 0.15) is 79.1 Å². The van der Waals surface area contributed by atoms with Crippen molar-refractivity contribution >= 4 is 17.3 Å². The van der Waals surface area contributed by atoms with Gasteiger partial charge in [0.2, 0.25) is 0 Å². The Morgan fingerprint density at radius 2 is 1.55 bits per heavy atom. The summed E-state index contributed by atoms with van der Waals surface area (Å²) in [5.74, 6) is 3.57. The van der Waals surface area contributed by atoms with E-state index in [9.17, 15) is 0 Å². The molecule has 0 amide bonds. The van der Waals surface area contributed by atoms with Crippen LogP contribution in [0, 0.1) is 23.7 Å². The molecule has 3 heteroatoms. The second-order valence-electron chi connectivity index (χ2n) is 7.91. The van der Waals surface area contributed by atoms with Crippen molar-refractivity contribution in [2.24, 2.45) is 23.7 Å². The Labute approximate surface area is 143 Å². The molecule has 0 aliphatic heterocycles. The van der Waals surface area contributed by atoms with Gasteiger partial charge in [-0.05, 0) is 62.6 Å². The Morgan fingerprint density at radius 1 is 1.00 bits per heavy atom. The van der Waals surface area contributed by atoms with E-state index >= 15 is 0 Å². The van der Waals surface area contributed by atoms with Gasteiger partial charge in [0.15, 0.2) is 5.11 Å². The molecule has 2 N–H and O–H groups in total. The lowest BCUT2D eigenvalue weighted by Gasteiger charge is -2.44. The van der Waals surface area contributed by atoms with Crippen molar-refractivity contribution in [3.05, 3.63) is 0 Å². The number of hydrogen-bond acceptors (Lipinski definition) is 1. The van der Waals surface area contributed by atoms with Gasteiger partial charge in [-0.15, -0.1) is 0 Å². The first kappa shape index (κ1) is 18.0. The molecule has 0 radical (unpaired) electrons. The molecule has 2 rings (SSSR count). The smallest absolute Gasteiger partial charge is 0.166 e. The monoisotopic (exact) mass is 324 g/mol. The standard InChI is InChI=1S/C19H36N2S/c1-5-14-11-17(16-9-7-8-10-16)12-15(6-2)18(14)21-19(22)20-13(3)4/h13-18H,5-12H2,1-4H3,(H2,20,21,22). The van der Waals surface area contributed by atoms with E-state index in [-0.39, 0.29) is 0 Å². The topological polar surface area (TPSA) is 24.1 Å². The van der Waals surface area contributed by atoms with Crippen molar-refractivity contribution in [2.45, 2.75) is 91.1 Å². The Bertz CT molecular complexity index is 335. The molecular weight excluding hydrogens is 288 g/mol. The van der Waals surface area contributed by atoms with Gasteiger partial charge in [0, 0.05) is 12.1 Å². The van der Waals surface area contributed by atoms with E-state index in [0.29, 0.717) is 12.1 Å². The summed E-state index contributed by atoms with van der Waals surface area (Å²) < 4.78 is 0. The largest absolute Gasteiger partial charge is 0.361 e. The molecular formula is C19H36N2S. The van der Waals surface area contributed by atoms with E-state index < -0.39 is 0 Å². The highest BCUT2D eigenvalue weighted by molar-refractivity contribution is 7.80. The van der Waals surface area contributed by atoms with Gasteiger partial charge >= 0.3 is 0 Å². The zero-order valence-electron chi connectivity index (χ0n) is 15.0. The lowest BCUT2D eigenvalue weighted by atomic mass is 9.66. The zero-order valence-corrected chi connectivity index (χ0v) is 15.8. The van der Waals surface area contributed by atoms with Gasteiger partial charge in [-0.25, -0.2) is 0 Å². The van der Waals surface area contributed by atoms with Gasteiger partial charge < -0.3 is 10.6 Å². The molecule has 2 unspecified atom stereocenters. The molecule has 0 heterocycles. The van der Waals surface area contributed by atoms with E-state index in [1.165, 1.54) is 51.4 Å². The molecule has 0 spiro atoms. The lowest BCUT2D eigenvalue weighted by molar-refractivity contribution is 0.104. The van der Waals surface area contributed by atoms with Crippen molar-refractivity contribution in [3.8, 4) is 0 Å². The first-order valence-electron chi connectivity index (χ1n) is 9.62. The Morgan fingerprint density at radius 3 is 2.00 bits per heavy atom. The number of rotatable bonds is 5. The van der Waals surface area contributed by atoms with Crippen molar-refractivity contribution in [3.63, 3.8) is 0 Å². The third-order valence-corrected chi connectivity index (χ3v) is 6.30. The molecule has 2 fully saturated rings. The second kappa shape index (κ2) is 8.52. The number of thiocarbonyl (C=S) groups is 1. The second-order valence-corrected chi connectivity index (χ2v) is 8.32. The minimum Gasteiger partial charge on any atom is -0.361 e. The van der Waals surface area contributed by atoms with Gasteiger partial charge in [-0.2, -0.15) is 0 Å². The van der Waals surface area contributed by atoms with Gasteiger partial charge in [0.25, 0.3) is 0 Å². The fourth-order valence-electron chi connectivity index (χ4n) is 4.90. The summed E-state index contributed by atoms with van der Waals surface area (Å²) in [6.45, 7) is 9.03. The molecule has 0 aromatic carbocycles. The molecule has 128 valence electrons. The molecule has 2 aliphatic rings. The fraction of sp³-hybridized carbons (Fsp3) is 0.947. The van der Waals surface area contributed by atoms with Crippen LogP contribution in [0.2, 0.25) is 0 Å². The summed E-state index contributed by atoms with van der Waals surface area (Å²) >= 11 is 5.53. The van der Waals surface area contributed by atoms with E-state index in [2.05, 4.69) is 38.3 Å². The zero-order chi connectivity index (χ0) is 16.1. The first-order chi connectivity index (χ1) is 10.5. The van der Waals surface area contributed by atoms with Crippen molar-refractivity contribution < 1.29 is 0 Å². The van der Waals surface area contributed by atoms with Gasteiger partial charge in [-0.3, -0.25) is 0 Å². The minimum atomic E-state index is 0.412. The SMILES string of the molecule is CCC1CC(C2CCCC2)CC(CC)C1NC(=S)NC(C)C. The summed E-state index contributed by atoms with van der Waals surface area (Å²) in [4.78, 5) is 0. The average Bonchev–Trinajstić information content (AvgIpc) is 3.00. The van der Waals surface area contributed by atoms with E-state index in [1.807, 2.05) is 0 Å². The highest BCUT2D eigenvalue weighted by Crippen LogP contribution is 2.45. The Kier molecular flexibility index (Phi) is 6.98. The Hall–Kier alpha value is -0.310. The summed E-state index contributed by atoms with van der Waals surface area (Å²) in [7, 11) is 0. The van der Waals surface area contributed by atoms with Crippen LogP contribution in [-0.2, 0) is 0 Å². The maximum Gasteiger partial charge on any atom is 0.166 e. The van der Waals surface area contributed by atoms with Crippen LogP contribution in [-0.4, -0.2) is 17.2 Å². The van der Waals surface area contributed by atoms with Crippen LogP contribution in [0.3, 0.4) is 0 Å². The van der Waals surface area contributed by atoms with E-state index in [0.717, 1.165) is 28.8 Å². The van der Waals surface area contributed by atoms with Gasteiger partial charge in [-0.1, -0.05) is 52.4 Å². The maximum absolute atomic E-state index is 5.53. The summed E-state index contributed by atoms with van der Waals surface area (Å²) in [6.07, 6.45) is 11.3.